The van der Waals surface area contributed by atoms with Gasteiger partial charge in [0.25, 0.3) is 0 Å². The molecule has 0 saturated heterocycles. The predicted octanol–water partition coefficient (Wildman–Crippen LogP) is 12.5. The van der Waals surface area contributed by atoms with E-state index >= 15 is 0 Å². The van der Waals surface area contributed by atoms with E-state index in [9.17, 15) is 0 Å². The normalized spacial score (nSPS) is 13.3. The minimum atomic E-state index is -0.320. The second kappa shape index (κ2) is 10.7. The summed E-state index contributed by atoms with van der Waals surface area (Å²) in [6, 6.07) is 60.7. The molecule has 0 aliphatic heterocycles. The zero-order chi connectivity index (χ0) is 34.6. The molecule has 0 N–H and O–H groups in total. The quantitative estimate of drug-likeness (QED) is 0.184. The Morgan fingerprint density at radius 2 is 1.04 bits per heavy atom. The maximum absolute atomic E-state index is 4.81. The van der Waals surface area contributed by atoms with Crippen LogP contribution in [0.5, 0.6) is 0 Å². The fourth-order valence-corrected chi connectivity index (χ4v) is 9.65. The van der Waals surface area contributed by atoms with Gasteiger partial charge in [-0.15, -0.1) is 0 Å². The second-order valence-electron chi connectivity index (χ2n) is 14.4. The Bertz CT molecular complexity index is 2840. The maximum atomic E-state index is 4.81. The van der Waals surface area contributed by atoms with E-state index in [1.54, 1.807) is 0 Å². The summed E-state index contributed by atoms with van der Waals surface area (Å²) in [5.41, 5.74) is 21.3. The minimum Gasteiger partial charge on any atom is -0.294 e. The first-order valence-electron chi connectivity index (χ1n) is 18.1. The summed E-state index contributed by atoms with van der Waals surface area (Å²) in [4.78, 5) is 4.81. The molecule has 0 atom stereocenters. The summed E-state index contributed by atoms with van der Waals surface area (Å²) in [6.45, 7) is 4.51. The number of hydrogen-bond acceptors (Lipinski definition) is 1. The molecule has 2 aliphatic carbocycles. The molecule has 2 aliphatic rings. The van der Waals surface area contributed by atoms with Crippen LogP contribution in [0, 0.1) is 13.8 Å². The van der Waals surface area contributed by atoms with E-state index < -0.39 is 0 Å². The molecule has 11 rings (SSSR count). The van der Waals surface area contributed by atoms with E-state index in [1.165, 1.54) is 94.2 Å². The second-order valence-corrected chi connectivity index (χ2v) is 14.4. The standard InChI is InChI=1S/C50H34N2/c1-31-29-34(52-48-23-10-6-16-41(48)42-19-12-28-51-49(42)52)25-26-35(31)37-18-11-17-36(32(37)2)33-24-27-47-43(30-33)40-15-5-9-22-46(40)50(47)44-20-7-3-13-38(44)39-14-4-8-21-45(39)50/h3-30H,1-2H3. The monoisotopic (exact) mass is 662 g/mol. The molecule has 244 valence electrons. The maximum Gasteiger partial charge on any atom is 0.145 e. The Morgan fingerprint density at radius 3 is 1.77 bits per heavy atom. The van der Waals surface area contributed by atoms with Gasteiger partial charge in [-0.25, -0.2) is 4.98 Å². The van der Waals surface area contributed by atoms with E-state index in [0.717, 1.165) is 11.3 Å². The van der Waals surface area contributed by atoms with Crippen LogP contribution in [0.2, 0.25) is 0 Å². The van der Waals surface area contributed by atoms with Crippen molar-refractivity contribution in [2.24, 2.45) is 0 Å². The molecule has 0 radical (unpaired) electrons. The molecule has 2 aromatic heterocycles. The lowest BCUT2D eigenvalue weighted by atomic mass is 9.70. The molecule has 1 spiro atoms. The molecule has 2 heterocycles. The van der Waals surface area contributed by atoms with Crippen molar-refractivity contribution in [3.8, 4) is 50.2 Å². The van der Waals surface area contributed by atoms with Crippen LogP contribution in [-0.4, -0.2) is 9.55 Å². The number of para-hydroxylation sites is 1. The largest absolute Gasteiger partial charge is 0.294 e. The van der Waals surface area contributed by atoms with Crippen LogP contribution in [0.4, 0.5) is 0 Å². The summed E-state index contributed by atoms with van der Waals surface area (Å²) in [5, 5.41) is 2.40. The lowest BCUT2D eigenvalue weighted by Gasteiger charge is -2.30. The van der Waals surface area contributed by atoms with Gasteiger partial charge in [-0.2, -0.15) is 0 Å². The van der Waals surface area contributed by atoms with Crippen molar-refractivity contribution in [2.45, 2.75) is 19.3 Å². The number of fused-ring (bicyclic) bond motifs is 13. The molecule has 0 saturated carbocycles. The van der Waals surface area contributed by atoms with Crippen LogP contribution in [0.3, 0.4) is 0 Å². The van der Waals surface area contributed by atoms with Crippen molar-refractivity contribution in [3.63, 3.8) is 0 Å². The molecule has 0 fully saturated rings. The van der Waals surface area contributed by atoms with Gasteiger partial charge in [0, 0.05) is 22.7 Å². The summed E-state index contributed by atoms with van der Waals surface area (Å²) in [7, 11) is 0. The Balaban J connectivity index is 1.05. The van der Waals surface area contributed by atoms with Crippen molar-refractivity contribution >= 4 is 21.9 Å². The van der Waals surface area contributed by atoms with Crippen LogP contribution in [0.25, 0.3) is 72.1 Å². The topological polar surface area (TPSA) is 17.8 Å². The van der Waals surface area contributed by atoms with Gasteiger partial charge in [-0.3, -0.25) is 4.57 Å². The highest BCUT2D eigenvalue weighted by atomic mass is 15.0. The third-order valence-corrected chi connectivity index (χ3v) is 11.8. The number of pyridine rings is 1. The van der Waals surface area contributed by atoms with Crippen molar-refractivity contribution in [3.05, 3.63) is 203 Å². The summed E-state index contributed by atoms with van der Waals surface area (Å²) in [6.07, 6.45) is 1.89. The molecule has 52 heavy (non-hydrogen) atoms. The predicted molar refractivity (Wildman–Crippen MR) is 215 cm³/mol. The Morgan fingerprint density at radius 1 is 0.442 bits per heavy atom. The van der Waals surface area contributed by atoms with Gasteiger partial charge in [0.15, 0.2) is 0 Å². The van der Waals surface area contributed by atoms with E-state index in [2.05, 4.69) is 176 Å². The molecule has 0 amide bonds. The number of aromatic nitrogens is 2. The molecule has 9 aromatic rings. The number of hydrogen-bond donors (Lipinski definition) is 0. The van der Waals surface area contributed by atoms with Crippen LogP contribution in [0.15, 0.2) is 170 Å². The van der Waals surface area contributed by atoms with Gasteiger partial charge in [0.05, 0.1) is 10.9 Å². The first-order valence-corrected chi connectivity index (χ1v) is 18.1. The fraction of sp³-hybridized carbons (Fsp3) is 0.0600. The number of nitrogens with zero attached hydrogens (tertiary/aromatic N) is 2. The smallest absolute Gasteiger partial charge is 0.145 e. The number of aryl methyl sites for hydroxylation is 1. The van der Waals surface area contributed by atoms with Crippen molar-refractivity contribution in [1.29, 1.82) is 0 Å². The minimum absolute atomic E-state index is 0.320. The van der Waals surface area contributed by atoms with Gasteiger partial charge in [-0.05, 0) is 128 Å². The van der Waals surface area contributed by atoms with Crippen molar-refractivity contribution < 1.29 is 0 Å². The Hall–Kier alpha value is -6.51. The Labute approximate surface area is 303 Å². The van der Waals surface area contributed by atoms with Crippen LogP contribution in [0.1, 0.15) is 33.4 Å². The third kappa shape index (κ3) is 3.76. The van der Waals surface area contributed by atoms with Crippen LogP contribution < -0.4 is 0 Å². The molecular weight excluding hydrogens is 629 g/mol. The molecule has 0 bridgehead atoms. The summed E-state index contributed by atoms with van der Waals surface area (Å²) >= 11 is 0. The molecule has 2 heteroatoms. The number of rotatable bonds is 3. The van der Waals surface area contributed by atoms with Crippen molar-refractivity contribution in [1.82, 2.24) is 9.55 Å². The average Bonchev–Trinajstić information content (AvgIpc) is 3.80. The number of benzene rings is 7. The molecule has 0 unspecified atom stereocenters. The van der Waals surface area contributed by atoms with E-state index in [-0.39, 0.29) is 5.41 Å². The fourth-order valence-electron chi connectivity index (χ4n) is 9.65. The van der Waals surface area contributed by atoms with Gasteiger partial charge >= 0.3 is 0 Å². The molecule has 7 aromatic carbocycles. The van der Waals surface area contributed by atoms with E-state index in [1.807, 2.05) is 12.3 Å². The van der Waals surface area contributed by atoms with E-state index in [0.29, 0.717) is 0 Å². The van der Waals surface area contributed by atoms with Gasteiger partial charge < -0.3 is 0 Å². The average molecular weight is 663 g/mol. The Kier molecular flexibility index (Phi) is 6.04. The zero-order valence-electron chi connectivity index (χ0n) is 29.1. The van der Waals surface area contributed by atoms with Gasteiger partial charge in [0.2, 0.25) is 0 Å². The van der Waals surface area contributed by atoms with Crippen LogP contribution >= 0.6 is 0 Å². The van der Waals surface area contributed by atoms with Gasteiger partial charge in [0.1, 0.15) is 5.65 Å². The highest BCUT2D eigenvalue weighted by Crippen LogP contribution is 2.63. The molecule has 2 nitrogen and oxygen atoms in total. The van der Waals surface area contributed by atoms with Gasteiger partial charge in [-0.1, -0.05) is 127 Å². The highest BCUT2D eigenvalue weighted by Gasteiger charge is 2.51. The zero-order valence-corrected chi connectivity index (χ0v) is 29.1. The summed E-state index contributed by atoms with van der Waals surface area (Å²) in [5.74, 6) is 0. The lowest BCUT2D eigenvalue weighted by molar-refractivity contribution is 0.794. The van der Waals surface area contributed by atoms with Crippen LogP contribution in [-0.2, 0) is 5.41 Å². The first kappa shape index (κ1) is 29.2. The molecular formula is C50H34N2. The SMILES string of the molecule is Cc1cc(-n2c3ccccc3c3cccnc32)ccc1-c1cccc(-c2ccc3c(c2)-c2ccccc2C32c3ccccc3-c3ccccc32)c1C. The summed E-state index contributed by atoms with van der Waals surface area (Å²) < 4.78 is 2.29. The van der Waals surface area contributed by atoms with Crippen molar-refractivity contribution in [2.75, 3.05) is 0 Å². The first-order chi connectivity index (χ1) is 25.6. The van der Waals surface area contributed by atoms with E-state index in [4.69, 9.17) is 4.98 Å². The lowest BCUT2D eigenvalue weighted by Crippen LogP contribution is -2.25. The third-order valence-electron chi connectivity index (χ3n) is 11.8. The highest BCUT2D eigenvalue weighted by molar-refractivity contribution is 6.08.